The lowest BCUT2D eigenvalue weighted by Crippen LogP contribution is -1.98. The molecule has 21 heavy (non-hydrogen) atoms. The first-order chi connectivity index (χ1) is 10.1. The fourth-order valence-electron chi connectivity index (χ4n) is 2.41. The van der Waals surface area contributed by atoms with Gasteiger partial charge in [-0.25, -0.2) is 4.68 Å². The molecule has 0 aliphatic heterocycles. The van der Waals surface area contributed by atoms with Crippen molar-refractivity contribution in [2.45, 2.75) is 20.8 Å². The Balaban J connectivity index is 2.13. The maximum Gasteiger partial charge on any atom is 0.155 e. The molecule has 0 spiro atoms. The van der Waals surface area contributed by atoms with Crippen molar-refractivity contribution in [3.8, 4) is 17.1 Å². The molecule has 0 fully saturated rings. The van der Waals surface area contributed by atoms with E-state index in [2.05, 4.69) is 11.2 Å². The van der Waals surface area contributed by atoms with Crippen LogP contribution in [0.25, 0.3) is 17.1 Å². The predicted octanol–water partition coefficient (Wildman–Crippen LogP) is 3.87. The minimum atomic E-state index is 0.518. The van der Waals surface area contributed by atoms with Crippen molar-refractivity contribution in [3.63, 3.8) is 0 Å². The molecule has 0 saturated heterocycles. The number of furan rings is 1. The van der Waals surface area contributed by atoms with Crippen LogP contribution in [0.3, 0.4) is 0 Å². The molecule has 0 aliphatic rings. The highest BCUT2D eigenvalue weighted by atomic mass is 16.3. The van der Waals surface area contributed by atoms with Gasteiger partial charge in [0, 0.05) is 6.20 Å². The molecule has 0 aliphatic carbocycles. The number of carbonyl (C=O) groups excluding carboxylic acids is 1. The largest absolute Gasteiger partial charge is 0.460 e. The Hall–Kier alpha value is -2.62. The summed E-state index contributed by atoms with van der Waals surface area (Å²) in [5.41, 5.74) is 4.35. The van der Waals surface area contributed by atoms with Crippen molar-refractivity contribution in [2.75, 3.05) is 0 Å². The Kier molecular flexibility index (Phi) is 3.22. The predicted molar refractivity (Wildman–Crippen MR) is 80.9 cm³/mol. The second kappa shape index (κ2) is 5.05. The maximum absolute atomic E-state index is 11.3. The number of aryl methyl sites for hydroxylation is 3. The van der Waals surface area contributed by atoms with Gasteiger partial charge in [0.05, 0.1) is 11.3 Å². The molecule has 4 nitrogen and oxygen atoms in total. The van der Waals surface area contributed by atoms with E-state index in [1.807, 2.05) is 45.0 Å². The minimum Gasteiger partial charge on any atom is -0.460 e. The average molecular weight is 280 g/mol. The van der Waals surface area contributed by atoms with E-state index in [9.17, 15) is 4.79 Å². The van der Waals surface area contributed by atoms with E-state index >= 15 is 0 Å². The van der Waals surface area contributed by atoms with Crippen LogP contribution in [-0.4, -0.2) is 16.1 Å². The highest BCUT2D eigenvalue weighted by molar-refractivity contribution is 5.84. The van der Waals surface area contributed by atoms with Crippen molar-refractivity contribution in [1.29, 1.82) is 0 Å². The molecule has 2 heterocycles. The average Bonchev–Trinajstić information content (AvgIpc) is 3.04. The van der Waals surface area contributed by atoms with Crippen molar-refractivity contribution in [3.05, 3.63) is 59.0 Å². The minimum absolute atomic E-state index is 0.518. The number of hydrogen-bond acceptors (Lipinski definition) is 3. The zero-order valence-corrected chi connectivity index (χ0v) is 12.3. The number of hydrogen-bond donors (Lipinski definition) is 0. The number of carbonyl (C=O) groups is 1. The Morgan fingerprint density at radius 2 is 1.95 bits per heavy atom. The first kappa shape index (κ1) is 13.4. The van der Waals surface area contributed by atoms with Crippen molar-refractivity contribution < 1.29 is 9.21 Å². The quantitative estimate of drug-likeness (QED) is 0.684. The van der Waals surface area contributed by atoms with Gasteiger partial charge in [-0.3, -0.25) is 4.79 Å². The fourth-order valence-corrected chi connectivity index (χ4v) is 2.41. The van der Waals surface area contributed by atoms with Crippen LogP contribution in [-0.2, 0) is 0 Å². The van der Waals surface area contributed by atoms with E-state index in [0.29, 0.717) is 17.0 Å². The van der Waals surface area contributed by atoms with Gasteiger partial charge in [0.25, 0.3) is 0 Å². The summed E-state index contributed by atoms with van der Waals surface area (Å²) in [6.07, 6.45) is 2.54. The summed E-state index contributed by atoms with van der Waals surface area (Å²) in [6.45, 7) is 5.94. The summed E-state index contributed by atoms with van der Waals surface area (Å²) in [5, 5.41) is 4.52. The summed E-state index contributed by atoms with van der Waals surface area (Å²) in [5.74, 6) is 1.40. The molecule has 4 heteroatoms. The standard InChI is InChI=1S/C17H16N2O2/c1-11-4-6-15(12(2)8-11)19-9-14(10-20)17(18-19)16-7-5-13(3)21-16/h4-10H,1-3H3. The van der Waals surface area contributed by atoms with E-state index in [4.69, 9.17) is 4.42 Å². The number of nitrogens with zero attached hydrogens (tertiary/aromatic N) is 2. The summed E-state index contributed by atoms with van der Waals surface area (Å²) in [7, 11) is 0. The Morgan fingerprint density at radius 1 is 1.14 bits per heavy atom. The van der Waals surface area contributed by atoms with E-state index in [0.717, 1.165) is 23.3 Å². The monoisotopic (exact) mass is 280 g/mol. The Morgan fingerprint density at radius 3 is 2.57 bits per heavy atom. The smallest absolute Gasteiger partial charge is 0.155 e. The van der Waals surface area contributed by atoms with Gasteiger partial charge in [-0.15, -0.1) is 0 Å². The van der Waals surface area contributed by atoms with E-state index in [1.54, 1.807) is 10.9 Å². The van der Waals surface area contributed by atoms with Gasteiger partial charge in [0.15, 0.2) is 12.0 Å². The number of aromatic nitrogens is 2. The third kappa shape index (κ3) is 2.40. The van der Waals surface area contributed by atoms with Crippen LogP contribution in [0, 0.1) is 20.8 Å². The van der Waals surface area contributed by atoms with E-state index in [-0.39, 0.29) is 0 Å². The highest BCUT2D eigenvalue weighted by Gasteiger charge is 2.15. The van der Waals surface area contributed by atoms with Gasteiger partial charge in [-0.1, -0.05) is 17.7 Å². The summed E-state index contributed by atoms with van der Waals surface area (Å²) in [4.78, 5) is 11.3. The van der Waals surface area contributed by atoms with Gasteiger partial charge >= 0.3 is 0 Å². The number of rotatable bonds is 3. The first-order valence-electron chi connectivity index (χ1n) is 6.78. The van der Waals surface area contributed by atoms with Gasteiger partial charge in [-0.2, -0.15) is 5.10 Å². The highest BCUT2D eigenvalue weighted by Crippen LogP contribution is 2.25. The molecule has 3 aromatic rings. The summed E-state index contributed by atoms with van der Waals surface area (Å²) >= 11 is 0. The lowest BCUT2D eigenvalue weighted by molar-refractivity contribution is 0.112. The van der Waals surface area contributed by atoms with Gasteiger partial charge < -0.3 is 4.42 Å². The topological polar surface area (TPSA) is 48.0 Å². The third-order valence-corrected chi connectivity index (χ3v) is 3.44. The molecule has 0 radical (unpaired) electrons. The van der Waals surface area contributed by atoms with E-state index < -0.39 is 0 Å². The maximum atomic E-state index is 11.3. The fraction of sp³-hybridized carbons (Fsp3) is 0.176. The van der Waals surface area contributed by atoms with Crippen molar-refractivity contribution in [2.24, 2.45) is 0 Å². The second-order valence-corrected chi connectivity index (χ2v) is 5.20. The van der Waals surface area contributed by atoms with Crippen LogP contribution < -0.4 is 0 Å². The molecule has 0 unspecified atom stereocenters. The number of aldehydes is 1. The Labute approximate surface area is 123 Å². The second-order valence-electron chi connectivity index (χ2n) is 5.20. The molecule has 0 saturated carbocycles. The summed E-state index contributed by atoms with van der Waals surface area (Å²) < 4.78 is 7.30. The zero-order chi connectivity index (χ0) is 15.0. The molecule has 1 aromatic carbocycles. The van der Waals surface area contributed by atoms with Crippen molar-refractivity contribution >= 4 is 6.29 Å². The normalized spacial score (nSPS) is 10.8. The Bertz CT molecular complexity index is 812. The van der Waals surface area contributed by atoms with Gasteiger partial charge in [-0.05, 0) is 44.5 Å². The third-order valence-electron chi connectivity index (χ3n) is 3.44. The van der Waals surface area contributed by atoms with Crippen LogP contribution in [0.2, 0.25) is 0 Å². The van der Waals surface area contributed by atoms with Crippen LogP contribution in [0.5, 0.6) is 0 Å². The van der Waals surface area contributed by atoms with Crippen LogP contribution in [0.1, 0.15) is 27.2 Å². The molecular weight excluding hydrogens is 264 g/mol. The molecule has 0 N–H and O–H groups in total. The lowest BCUT2D eigenvalue weighted by atomic mass is 10.1. The van der Waals surface area contributed by atoms with Gasteiger partial charge in [0.2, 0.25) is 0 Å². The SMILES string of the molecule is Cc1ccc(-n2cc(C=O)c(-c3ccc(C)o3)n2)c(C)c1. The van der Waals surface area contributed by atoms with Crippen LogP contribution in [0.15, 0.2) is 40.9 Å². The van der Waals surface area contributed by atoms with Crippen LogP contribution >= 0.6 is 0 Å². The zero-order valence-electron chi connectivity index (χ0n) is 12.3. The first-order valence-corrected chi connectivity index (χ1v) is 6.78. The van der Waals surface area contributed by atoms with Gasteiger partial charge in [0.1, 0.15) is 11.5 Å². The molecular formula is C17H16N2O2. The molecule has 0 amide bonds. The molecule has 2 aromatic heterocycles. The van der Waals surface area contributed by atoms with Crippen LogP contribution in [0.4, 0.5) is 0 Å². The number of benzene rings is 1. The molecule has 106 valence electrons. The van der Waals surface area contributed by atoms with Crippen molar-refractivity contribution in [1.82, 2.24) is 9.78 Å². The summed E-state index contributed by atoms with van der Waals surface area (Å²) in [6, 6.07) is 9.82. The van der Waals surface area contributed by atoms with E-state index in [1.165, 1.54) is 5.56 Å². The molecule has 3 rings (SSSR count). The molecule has 0 bridgehead atoms. The lowest BCUT2D eigenvalue weighted by Gasteiger charge is -2.06. The molecule has 0 atom stereocenters.